The molecule has 0 saturated heterocycles. The van der Waals surface area contributed by atoms with Crippen LogP contribution in [0, 0.1) is 6.92 Å². The summed E-state index contributed by atoms with van der Waals surface area (Å²) >= 11 is 0. The third-order valence-electron chi connectivity index (χ3n) is 3.30. The molecule has 0 aliphatic carbocycles. The number of rotatable bonds is 3. The van der Waals surface area contributed by atoms with Gasteiger partial charge in [-0.05, 0) is 25.1 Å². The summed E-state index contributed by atoms with van der Waals surface area (Å²) in [4.78, 5) is 4.32. The van der Waals surface area contributed by atoms with Gasteiger partial charge < -0.3 is 4.74 Å². The number of hydrogen-bond donors (Lipinski definition) is 0. The zero-order valence-corrected chi connectivity index (χ0v) is 12.5. The first-order valence-electron chi connectivity index (χ1n) is 6.36. The molecule has 2 aromatic heterocycles. The van der Waals surface area contributed by atoms with Gasteiger partial charge in [0.15, 0.2) is 0 Å². The Labute approximate surface area is 122 Å². The van der Waals surface area contributed by atoms with Crippen molar-refractivity contribution in [3.63, 3.8) is 0 Å². The Balaban J connectivity index is 2.17. The van der Waals surface area contributed by atoms with E-state index in [-0.39, 0.29) is 4.90 Å². The molecule has 0 atom stereocenters. The van der Waals surface area contributed by atoms with Crippen molar-refractivity contribution < 1.29 is 13.2 Å². The first kappa shape index (κ1) is 13.6. The van der Waals surface area contributed by atoms with Crippen molar-refractivity contribution in [1.29, 1.82) is 0 Å². The van der Waals surface area contributed by atoms with Crippen LogP contribution in [0.5, 0.6) is 5.88 Å². The molecule has 0 fully saturated rings. The Morgan fingerprint density at radius 2 is 1.86 bits per heavy atom. The molecule has 5 nitrogen and oxygen atoms in total. The van der Waals surface area contributed by atoms with Crippen LogP contribution in [0.4, 0.5) is 0 Å². The minimum atomic E-state index is -3.62. The van der Waals surface area contributed by atoms with Crippen LogP contribution in [0.25, 0.3) is 10.9 Å². The van der Waals surface area contributed by atoms with Gasteiger partial charge in [0.25, 0.3) is 10.0 Å². The maximum atomic E-state index is 12.7. The fourth-order valence-corrected chi connectivity index (χ4v) is 3.47. The topological polar surface area (TPSA) is 61.2 Å². The van der Waals surface area contributed by atoms with Crippen LogP contribution in [0.3, 0.4) is 0 Å². The first-order valence-corrected chi connectivity index (χ1v) is 7.80. The van der Waals surface area contributed by atoms with Gasteiger partial charge in [-0.25, -0.2) is 17.4 Å². The normalized spacial score (nSPS) is 11.7. The number of fused-ring (bicyclic) bond motifs is 1. The second-order valence-corrected chi connectivity index (χ2v) is 6.53. The Bertz CT molecular complexity index is 896. The standard InChI is InChI=1S/C15H14N2O3S/c1-11-3-5-13(6-4-11)21(18,19)17-8-7-12-9-15(20-2)16-10-14(12)17/h3-10H,1-2H3. The molecule has 108 valence electrons. The molecule has 2 heterocycles. The zero-order chi connectivity index (χ0) is 15.0. The summed E-state index contributed by atoms with van der Waals surface area (Å²) in [5.41, 5.74) is 1.54. The van der Waals surface area contributed by atoms with Crippen LogP contribution < -0.4 is 4.74 Å². The van der Waals surface area contributed by atoms with Crippen LogP contribution in [-0.2, 0) is 10.0 Å². The number of hydrogen-bond acceptors (Lipinski definition) is 4. The Morgan fingerprint density at radius 1 is 1.14 bits per heavy atom. The summed E-state index contributed by atoms with van der Waals surface area (Å²) in [5, 5.41) is 0.762. The number of pyridine rings is 1. The Morgan fingerprint density at radius 3 is 2.52 bits per heavy atom. The van der Waals surface area contributed by atoms with Crippen molar-refractivity contribution in [2.75, 3.05) is 7.11 Å². The molecule has 0 aliphatic heterocycles. The highest BCUT2D eigenvalue weighted by atomic mass is 32.2. The van der Waals surface area contributed by atoms with Gasteiger partial charge in [-0.3, -0.25) is 0 Å². The zero-order valence-electron chi connectivity index (χ0n) is 11.6. The van der Waals surface area contributed by atoms with Crippen LogP contribution >= 0.6 is 0 Å². The second-order valence-electron chi connectivity index (χ2n) is 4.72. The van der Waals surface area contributed by atoms with E-state index in [1.807, 2.05) is 6.92 Å². The second kappa shape index (κ2) is 4.89. The van der Waals surface area contributed by atoms with Crippen LogP contribution in [-0.4, -0.2) is 24.5 Å². The number of nitrogens with zero attached hydrogens (tertiary/aromatic N) is 2. The lowest BCUT2D eigenvalue weighted by atomic mass is 10.2. The molecule has 6 heteroatoms. The fourth-order valence-electron chi connectivity index (χ4n) is 2.13. The van der Waals surface area contributed by atoms with Gasteiger partial charge >= 0.3 is 0 Å². The highest BCUT2D eigenvalue weighted by Gasteiger charge is 2.19. The molecule has 3 rings (SSSR count). The van der Waals surface area contributed by atoms with E-state index in [1.165, 1.54) is 23.5 Å². The minimum Gasteiger partial charge on any atom is -0.481 e. The smallest absolute Gasteiger partial charge is 0.268 e. The lowest BCUT2D eigenvalue weighted by Gasteiger charge is -2.08. The molecule has 3 aromatic rings. The summed E-state index contributed by atoms with van der Waals surface area (Å²) in [7, 11) is -2.10. The molecule has 0 bridgehead atoms. The van der Waals surface area contributed by atoms with E-state index in [9.17, 15) is 8.42 Å². The molecule has 0 aliphatic rings. The van der Waals surface area contributed by atoms with E-state index < -0.39 is 10.0 Å². The summed E-state index contributed by atoms with van der Waals surface area (Å²) in [6.07, 6.45) is 3.03. The maximum absolute atomic E-state index is 12.7. The lowest BCUT2D eigenvalue weighted by molar-refractivity contribution is 0.398. The van der Waals surface area contributed by atoms with Crippen LogP contribution in [0.2, 0.25) is 0 Å². The van der Waals surface area contributed by atoms with E-state index in [0.717, 1.165) is 10.9 Å². The molecule has 21 heavy (non-hydrogen) atoms. The SMILES string of the molecule is COc1cc2ccn(S(=O)(=O)c3ccc(C)cc3)c2cn1. The maximum Gasteiger partial charge on any atom is 0.268 e. The predicted octanol–water partition coefficient (Wildman–Crippen LogP) is 2.59. The molecule has 0 amide bonds. The highest BCUT2D eigenvalue weighted by Crippen LogP contribution is 2.24. The van der Waals surface area contributed by atoms with Crippen molar-refractivity contribution in [2.45, 2.75) is 11.8 Å². The monoisotopic (exact) mass is 302 g/mol. The van der Waals surface area contributed by atoms with Gasteiger partial charge in [-0.15, -0.1) is 0 Å². The summed E-state index contributed by atoms with van der Waals surface area (Å²) in [6.45, 7) is 1.91. The van der Waals surface area contributed by atoms with Crippen molar-refractivity contribution in [2.24, 2.45) is 0 Å². The number of benzene rings is 1. The highest BCUT2D eigenvalue weighted by molar-refractivity contribution is 7.90. The number of ether oxygens (including phenoxy) is 1. The molecule has 0 saturated carbocycles. The lowest BCUT2D eigenvalue weighted by Crippen LogP contribution is -2.11. The van der Waals surface area contributed by atoms with Crippen LogP contribution in [0.1, 0.15) is 5.56 Å². The third kappa shape index (κ3) is 2.27. The molecule has 0 unspecified atom stereocenters. The van der Waals surface area contributed by atoms with E-state index >= 15 is 0 Å². The van der Waals surface area contributed by atoms with Gasteiger partial charge in [0, 0.05) is 17.6 Å². The van der Waals surface area contributed by atoms with E-state index in [4.69, 9.17) is 4.74 Å². The molecule has 1 aromatic carbocycles. The van der Waals surface area contributed by atoms with Crippen molar-refractivity contribution >= 4 is 20.9 Å². The number of aryl methyl sites for hydroxylation is 1. The van der Waals surface area contributed by atoms with Crippen molar-refractivity contribution in [3.8, 4) is 5.88 Å². The molecular formula is C15H14N2O3S. The molecular weight excluding hydrogens is 288 g/mol. The summed E-state index contributed by atoms with van der Waals surface area (Å²) < 4.78 is 31.6. The molecule has 0 N–H and O–H groups in total. The minimum absolute atomic E-state index is 0.251. The van der Waals surface area contributed by atoms with E-state index in [1.54, 1.807) is 36.4 Å². The number of aromatic nitrogens is 2. The van der Waals surface area contributed by atoms with Gasteiger partial charge in [-0.2, -0.15) is 0 Å². The Hall–Kier alpha value is -2.34. The van der Waals surface area contributed by atoms with E-state index in [2.05, 4.69) is 4.98 Å². The molecule has 0 spiro atoms. The van der Waals surface area contributed by atoms with Crippen molar-refractivity contribution in [3.05, 3.63) is 54.4 Å². The summed E-state index contributed by atoms with van der Waals surface area (Å²) in [5.74, 6) is 0.452. The summed E-state index contributed by atoms with van der Waals surface area (Å²) in [6, 6.07) is 10.2. The van der Waals surface area contributed by atoms with Crippen LogP contribution in [0.15, 0.2) is 53.7 Å². The van der Waals surface area contributed by atoms with Gasteiger partial charge in [0.05, 0.1) is 23.7 Å². The van der Waals surface area contributed by atoms with Gasteiger partial charge in [-0.1, -0.05) is 17.7 Å². The van der Waals surface area contributed by atoms with E-state index in [0.29, 0.717) is 11.4 Å². The molecule has 0 radical (unpaired) electrons. The average Bonchev–Trinajstić information content (AvgIpc) is 2.91. The average molecular weight is 302 g/mol. The van der Waals surface area contributed by atoms with Crippen molar-refractivity contribution in [1.82, 2.24) is 8.96 Å². The van der Waals surface area contributed by atoms with Gasteiger partial charge in [0.1, 0.15) is 0 Å². The predicted molar refractivity (Wildman–Crippen MR) is 80.0 cm³/mol. The third-order valence-corrected chi connectivity index (χ3v) is 5.01. The quantitative estimate of drug-likeness (QED) is 0.746. The first-order chi connectivity index (χ1) is 10.0. The Kier molecular flexibility index (Phi) is 3.17. The fraction of sp³-hybridized carbons (Fsp3) is 0.133. The van der Waals surface area contributed by atoms with Gasteiger partial charge in [0.2, 0.25) is 5.88 Å². The largest absolute Gasteiger partial charge is 0.481 e. The number of methoxy groups -OCH3 is 1.